The van der Waals surface area contributed by atoms with Crippen molar-refractivity contribution in [2.24, 2.45) is 11.0 Å². The van der Waals surface area contributed by atoms with E-state index in [9.17, 15) is 0 Å². The molecule has 0 spiro atoms. The number of benzene rings is 1. The first-order chi connectivity index (χ1) is 12.4. The van der Waals surface area contributed by atoms with Crippen molar-refractivity contribution in [3.8, 4) is 0 Å². The van der Waals surface area contributed by atoms with E-state index in [2.05, 4.69) is 78.7 Å². The van der Waals surface area contributed by atoms with E-state index in [-0.39, 0.29) is 6.17 Å². The van der Waals surface area contributed by atoms with Gasteiger partial charge < -0.3 is 10.6 Å². The largest absolute Gasteiger partial charge is 0.364 e. The van der Waals surface area contributed by atoms with Crippen LogP contribution in [0.3, 0.4) is 0 Å². The fraction of sp³-hybridized carbons (Fsp3) is 0.650. The van der Waals surface area contributed by atoms with Crippen molar-refractivity contribution in [1.82, 2.24) is 15.5 Å². The Balaban J connectivity index is 1.50. The van der Waals surface area contributed by atoms with Gasteiger partial charge in [0, 0.05) is 40.3 Å². The Kier molecular flexibility index (Phi) is 6.48. The monoisotopic (exact) mass is 375 g/mol. The first kappa shape index (κ1) is 19.5. The lowest BCUT2D eigenvalue weighted by molar-refractivity contribution is 0.466. The minimum absolute atomic E-state index is 0.0892. The smallest absolute Gasteiger partial charge is 0.110 e. The highest BCUT2D eigenvalue weighted by Crippen LogP contribution is 2.36. The number of nitrogens with zero attached hydrogens (tertiary/aromatic N) is 1. The molecule has 2 aliphatic rings. The molecule has 1 aromatic carbocycles. The van der Waals surface area contributed by atoms with Gasteiger partial charge in [-0.3, -0.25) is 10.1 Å². The van der Waals surface area contributed by atoms with Gasteiger partial charge in [0.2, 0.25) is 0 Å². The predicted octanol–water partition coefficient (Wildman–Crippen LogP) is 4.25. The Bertz CT molecular complexity index is 645. The maximum Gasteiger partial charge on any atom is 0.110 e. The van der Waals surface area contributed by atoms with Gasteiger partial charge in [-0.15, -0.1) is 0 Å². The Hall–Kier alpha value is -1.24. The highest BCUT2D eigenvalue weighted by Gasteiger charge is 2.27. The zero-order chi connectivity index (χ0) is 18.7. The molecule has 144 valence electrons. The summed E-state index contributed by atoms with van der Waals surface area (Å²) in [5, 5.41) is 11.8. The fourth-order valence-electron chi connectivity index (χ4n) is 3.84. The van der Waals surface area contributed by atoms with E-state index in [1.165, 1.54) is 35.4 Å². The minimum Gasteiger partial charge on any atom is -0.364 e. The topological polar surface area (TPSA) is 60.5 Å². The van der Waals surface area contributed by atoms with Crippen molar-refractivity contribution in [3.63, 3.8) is 0 Å². The van der Waals surface area contributed by atoms with Gasteiger partial charge in [-0.25, -0.2) is 0 Å². The second-order valence-corrected chi connectivity index (χ2v) is 8.85. The Morgan fingerprint density at radius 3 is 2.85 bits per heavy atom. The van der Waals surface area contributed by atoms with Crippen LogP contribution in [0.25, 0.3) is 0 Å². The number of rotatable bonds is 7. The molecule has 0 saturated heterocycles. The van der Waals surface area contributed by atoms with Crippen LogP contribution < -0.4 is 20.8 Å². The highest BCUT2D eigenvalue weighted by molar-refractivity contribution is 7.97. The van der Waals surface area contributed by atoms with Crippen LogP contribution in [-0.2, 0) is 0 Å². The molecule has 0 radical (unpaired) electrons. The lowest BCUT2D eigenvalue weighted by atomic mass is 10.0. The van der Waals surface area contributed by atoms with E-state index in [0.29, 0.717) is 24.0 Å². The van der Waals surface area contributed by atoms with Crippen LogP contribution in [0.15, 0.2) is 28.2 Å². The molecule has 6 heteroatoms. The average molecular weight is 376 g/mol. The van der Waals surface area contributed by atoms with Crippen LogP contribution in [-0.4, -0.2) is 24.0 Å². The number of nitrogens with one attached hydrogen (secondary N) is 4. The molecule has 4 N–H and O–H groups in total. The zero-order valence-electron chi connectivity index (χ0n) is 16.6. The van der Waals surface area contributed by atoms with Crippen molar-refractivity contribution in [1.29, 1.82) is 0 Å². The quantitative estimate of drug-likeness (QED) is 0.248. The molecule has 4 unspecified atom stereocenters. The van der Waals surface area contributed by atoms with E-state index < -0.39 is 0 Å². The summed E-state index contributed by atoms with van der Waals surface area (Å²) in [5.41, 5.74) is 6.99. The van der Waals surface area contributed by atoms with Crippen molar-refractivity contribution in [2.75, 3.05) is 5.32 Å². The average Bonchev–Trinajstić information content (AvgIpc) is 3.19. The summed E-state index contributed by atoms with van der Waals surface area (Å²) in [4.78, 5) is 1.32. The second kappa shape index (κ2) is 8.63. The van der Waals surface area contributed by atoms with Gasteiger partial charge in [0.25, 0.3) is 0 Å². The zero-order valence-corrected chi connectivity index (χ0v) is 17.4. The first-order valence-corrected chi connectivity index (χ1v) is 10.6. The van der Waals surface area contributed by atoms with Crippen molar-refractivity contribution >= 4 is 23.3 Å². The summed E-state index contributed by atoms with van der Waals surface area (Å²) in [6.07, 6.45) is 3.77. The van der Waals surface area contributed by atoms with Crippen LogP contribution >= 0.6 is 11.9 Å². The third-order valence-corrected chi connectivity index (χ3v) is 6.30. The van der Waals surface area contributed by atoms with Crippen molar-refractivity contribution in [3.05, 3.63) is 23.8 Å². The Morgan fingerprint density at radius 2 is 2.08 bits per heavy atom. The van der Waals surface area contributed by atoms with E-state index in [1.54, 1.807) is 11.9 Å². The molecule has 0 amide bonds. The van der Waals surface area contributed by atoms with Gasteiger partial charge in [0.05, 0.1) is 0 Å². The molecule has 1 saturated carbocycles. The summed E-state index contributed by atoms with van der Waals surface area (Å²) < 4.78 is 3.40. The van der Waals surface area contributed by atoms with Gasteiger partial charge in [0.15, 0.2) is 0 Å². The number of hydrogen-bond donors (Lipinski definition) is 4. The molecule has 1 aliphatic heterocycles. The number of fused-ring (bicyclic) bond motifs is 1. The molecule has 4 atom stereocenters. The van der Waals surface area contributed by atoms with E-state index in [1.807, 2.05) is 0 Å². The molecule has 1 aromatic rings. The van der Waals surface area contributed by atoms with E-state index in [4.69, 9.17) is 0 Å². The third-order valence-electron chi connectivity index (χ3n) is 5.23. The minimum atomic E-state index is 0.0892. The Labute approximate surface area is 162 Å². The van der Waals surface area contributed by atoms with Crippen molar-refractivity contribution < 1.29 is 0 Å². The maximum atomic E-state index is 4.66. The Morgan fingerprint density at radius 1 is 1.27 bits per heavy atom. The number of hydrazone groups is 1. The van der Waals surface area contributed by atoms with Crippen molar-refractivity contribution in [2.45, 2.75) is 83.1 Å². The van der Waals surface area contributed by atoms with Gasteiger partial charge in [0.1, 0.15) is 6.17 Å². The standard InChI is InChI=1S/C20H33N5S/c1-12(2)21-17-7-6-16(10-17)13(3)23-24-15(5)22-18-8-9-20-19(11-18)14(4)25-26-20/h8-9,11-12,14-17,21-22,24-25H,6-7,10H2,1-5H3/b23-13+. The normalized spacial score (nSPS) is 26.8. The lowest BCUT2D eigenvalue weighted by Gasteiger charge is -2.18. The van der Waals surface area contributed by atoms with E-state index in [0.717, 1.165) is 5.69 Å². The van der Waals surface area contributed by atoms with Gasteiger partial charge in [-0.2, -0.15) is 5.10 Å². The molecule has 0 bridgehead atoms. The predicted molar refractivity (Wildman–Crippen MR) is 113 cm³/mol. The van der Waals surface area contributed by atoms with Gasteiger partial charge in [-0.1, -0.05) is 13.8 Å². The summed E-state index contributed by atoms with van der Waals surface area (Å²) in [6, 6.07) is 8.15. The number of hydrogen-bond acceptors (Lipinski definition) is 6. The third kappa shape index (κ3) is 4.93. The summed E-state index contributed by atoms with van der Waals surface area (Å²) in [6.45, 7) is 10.9. The van der Waals surface area contributed by atoms with E-state index >= 15 is 0 Å². The molecule has 3 rings (SSSR count). The van der Waals surface area contributed by atoms with Crippen LogP contribution in [0.1, 0.15) is 65.5 Å². The van der Waals surface area contributed by atoms with Crippen LogP contribution in [0.4, 0.5) is 5.69 Å². The molecule has 1 aliphatic carbocycles. The molecule has 26 heavy (non-hydrogen) atoms. The van der Waals surface area contributed by atoms with Gasteiger partial charge in [-0.05, 0) is 75.7 Å². The number of anilines is 1. The molecule has 5 nitrogen and oxygen atoms in total. The lowest BCUT2D eigenvalue weighted by Crippen LogP contribution is -2.33. The first-order valence-electron chi connectivity index (χ1n) is 9.81. The van der Waals surface area contributed by atoms with Gasteiger partial charge >= 0.3 is 0 Å². The summed E-state index contributed by atoms with van der Waals surface area (Å²) >= 11 is 1.72. The summed E-state index contributed by atoms with van der Waals surface area (Å²) in [5.74, 6) is 0.592. The second-order valence-electron chi connectivity index (χ2n) is 7.97. The SMILES string of the molecule is C/C(=N\NC(C)Nc1ccc2c(c1)C(C)NS2)C1CCC(NC(C)C)C1. The molecule has 1 heterocycles. The highest BCUT2D eigenvalue weighted by atomic mass is 32.2. The molecular weight excluding hydrogens is 342 g/mol. The van der Waals surface area contributed by atoms with Crippen LogP contribution in [0, 0.1) is 5.92 Å². The fourth-order valence-corrected chi connectivity index (χ4v) is 4.76. The van der Waals surface area contributed by atoms with Crippen LogP contribution in [0.2, 0.25) is 0 Å². The maximum absolute atomic E-state index is 4.66. The van der Waals surface area contributed by atoms with Crippen LogP contribution in [0.5, 0.6) is 0 Å². The summed E-state index contributed by atoms with van der Waals surface area (Å²) in [7, 11) is 0. The molecule has 1 fully saturated rings. The molecular formula is C20H33N5S. The molecule has 0 aromatic heterocycles.